The predicted molar refractivity (Wildman–Crippen MR) is 95.5 cm³/mol. The molecule has 2 aromatic rings. The maximum atomic E-state index is 12.7. The molecule has 0 unspecified atom stereocenters. The molecule has 130 valence electrons. The molecule has 0 N–H and O–H groups in total. The number of aryl methyl sites for hydroxylation is 1. The first kappa shape index (κ1) is 18.4. The van der Waals surface area contributed by atoms with Crippen molar-refractivity contribution in [1.29, 1.82) is 0 Å². The fourth-order valence-electron chi connectivity index (χ4n) is 2.33. The summed E-state index contributed by atoms with van der Waals surface area (Å²) in [5.41, 5.74) is 0.952. The third kappa shape index (κ3) is 5.33. The van der Waals surface area contributed by atoms with E-state index in [1.165, 1.54) is 0 Å². The second-order valence-electron chi connectivity index (χ2n) is 6.67. The number of hydrogen-bond donors (Lipinski definition) is 0. The highest BCUT2D eigenvalue weighted by atomic mass is 32.2. The summed E-state index contributed by atoms with van der Waals surface area (Å²) in [6.45, 7) is 6.87. The summed E-state index contributed by atoms with van der Waals surface area (Å²) in [4.78, 5) is 14.6. The number of rotatable bonds is 7. The van der Waals surface area contributed by atoms with E-state index in [2.05, 4.69) is 48.4 Å². The molecule has 1 aromatic carbocycles. The lowest BCUT2D eigenvalue weighted by atomic mass is 10.0. The Morgan fingerprint density at radius 2 is 1.96 bits per heavy atom. The summed E-state index contributed by atoms with van der Waals surface area (Å²) < 4.78 is 1.64. The molecule has 2 rings (SSSR count). The van der Waals surface area contributed by atoms with E-state index in [0.29, 0.717) is 13.0 Å². The summed E-state index contributed by atoms with van der Waals surface area (Å²) in [6, 6.07) is 10.1. The molecule has 1 aromatic heterocycles. The Morgan fingerprint density at radius 3 is 2.54 bits per heavy atom. The Morgan fingerprint density at radius 1 is 1.25 bits per heavy atom. The predicted octanol–water partition coefficient (Wildman–Crippen LogP) is 2.91. The van der Waals surface area contributed by atoms with Crippen molar-refractivity contribution >= 4 is 17.7 Å². The van der Waals surface area contributed by atoms with Crippen molar-refractivity contribution in [3.05, 3.63) is 35.9 Å². The summed E-state index contributed by atoms with van der Waals surface area (Å²) in [5.74, 6) is 1.01. The van der Waals surface area contributed by atoms with Crippen molar-refractivity contribution in [3.63, 3.8) is 0 Å². The first-order valence-electron chi connectivity index (χ1n) is 8.07. The van der Waals surface area contributed by atoms with Crippen LogP contribution in [0.3, 0.4) is 0 Å². The minimum Gasteiger partial charge on any atom is -0.334 e. The highest BCUT2D eigenvalue weighted by Gasteiger charge is 2.26. The normalized spacial score (nSPS) is 11.5. The van der Waals surface area contributed by atoms with Crippen LogP contribution in [-0.2, 0) is 18.4 Å². The van der Waals surface area contributed by atoms with E-state index < -0.39 is 0 Å². The molecule has 7 heteroatoms. The molecular weight excluding hydrogens is 322 g/mol. The van der Waals surface area contributed by atoms with Gasteiger partial charge in [-0.25, -0.2) is 4.68 Å². The number of benzene rings is 1. The van der Waals surface area contributed by atoms with Gasteiger partial charge in [0.05, 0.1) is 0 Å². The van der Waals surface area contributed by atoms with Gasteiger partial charge in [-0.3, -0.25) is 4.79 Å². The van der Waals surface area contributed by atoms with Crippen LogP contribution in [0, 0.1) is 0 Å². The van der Waals surface area contributed by atoms with E-state index in [1.54, 1.807) is 16.4 Å². The van der Waals surface area contributed by atoms with Crippen molar-refractivity contribution in [1.82, 2.24) is 25.1 Å². The molecular formula is C17H25N5OS. The van der Waals surface area contributed by atoms with Crippen LogP contribution in [0.25, 0.3) is 0 Å². The second-order valence-corrected chi connectivity index (χ2v) is 7.74. The van der Waals surface area contributed by atoms with Gasteiger partial charge in [-0.05, 0) is 43.2 Å². The van der Waals surface area contributed by atoms with Gasteiger partial charge in [-0.2, -0.15) is 0 Å². The number of amides is 1. The van der Waals surface area contributed by atoms with E-state index in [0.717, 1.165) is 22.9 Å². The maximum Gasteiger partial charge on any atom is 0.223 e. The third-order valence-electron chi connectivity index (χ3n) is 3.64. The van der Waals surface area contributed by atoms with Gasteiger partial charge in [0, 0.05) is 31.3 Å². The standard InChI is InChI=1S/C17H25N5OS/c1-17(2,3)22(13-14-9-6-5-7-10-14)15(23)11-8-12-24-16-18-19-20-21(16)4/h5-7,9-10H,8,11-13H2,1-4H3. The third-order valence-corrected chi connectivity index (χ3v) is 4.74. The van der Waals surface area contributed by atoms with Crippen LogP contribution < -0.4 is 0 Å². The quantitative estimate of drug-likeness (QED) is 0.569. The molecule has 24 heavy (non-hydrogen) atoms. The first-order chi connectivity index (χ1) is 11.4. The van der Waals surface area contributed by atoms with Gasteiger partial charge in [-0.15, -0.1) is 5.10 Å². The van der Waals surface area contributed by atoms with Crippen molar-refractivity contribution < 1.29 is 4.79 Å². The van der Waals surface area contributed by atoms with Crippen LogP contribution in [0.4, 0.5) is 0 Å². The van der Waals surface area contributed by atoms with Gasteiger partial charge >= 0.3 is 0 Å². The first-order valence-corrected chi connectivity index (χ1v) is 9.06. The zero-order chi connectivity index (χ0) is 17.6. The van der Waals surface area contributed by atoms with Gasteiger partial charge in [0.2, 0.25) is 11.1 Å². The molecule has 0 atom stereocenters. The number of tetrazole rings is 1. The van der Waals surface area contributed by atoms with Crippen LogP contribution in [0.15, 0.2) is 35.5 Å². The highest BCUT2D eigenvalue weighted by Crippen LogP contribution is 2.20. The Labute approximate surface area is 147 Å². The Kier molecular flexibility index (Phi) is 6.36. The van der Waals surface area contributed by atoms with E-state index in [9.17, 15) is 4.79 Å². The molecule has 0 fully saturated rings. The fourth-order valence-corrected chi connectivity index (χ4v) is 3.12. The van der Waals surface area contributed by atoms with Crippen molar-refractivity contribution in [2.45, 2.75) is 50.9 Å². The molecule has 0 aliphatic carbocycles. The molecule has 1 amide bonds. The van der Waals surface area contributed by atoms with Crippen LogP contribution in [-0.4, -0.2) is 42.3 Å². The van der Waals surface area contributed by atoms with Crippen molar-refractivity contribution in [2.75, 3.05) is 5.75 Å². The largest absolute Gasteiger partial charge is 0.334 e. The average Bonchev–Trinajstić information content (AvgIpc) is 2.94. The number of carbonyl (C=O) groups is 1. The summed E-state index contributed by atoms with van der Waals surface area (Å²) in [7, 11) is 1.81. The lowest BCUT2D eigenvalue weighted by Gasteiger charge is -2.36. The lowest BCUT2D eigenvalue weighted by Crippen LogP contribution is -2.45. The van der Waals surface area contributed by atoms with Crippen LogP contribution in [0.2, 0.25) is 0 Å². The molecule has 0 saturated heterocycles. The van der Waals surface area contributed by atoms with Crippen LogP contribution in [0.1, 0.15) is 39.2 Å². The summed E-state index contributed by atoms with van der Waals surface area (Å²) >= 11 is 1.57. The van der Waals surface area contributed by atoms with Gasteiger partial charge < -0.3 is 4.90 Å². The van der Waals surface area contributed by atoms with E-state index >= 15 is 0 Å². The molecule has 1 heterocycles. The van der Waals surface area contributed by atoms with E-state index in [4.69, 9.17) is 0 Å². The number of carbonyl (C=O) groups excluding carboxylic acids is 1. The van der Waals surface area contributed by atoms with Crippen LogP contribution in [0.5, 0.6) is 0 Å². The second kappa shape index (κ2) is 8.28. The zero-order valence-corrected chi connectivity index (χ0v) is 15.6. The molecule has 0 aliphatic rings. The Bertz CT molecular complexity index is 651. The van der Waals surface area contributed by atoms with Crippen LogP contribution >= 0.6 is 11.8 Å². The molecule has 0 bridgehead atoms. The van der Waals surface area contributed by atoms with Crippen molar-refractivity contribution in [3.8, 4) is 0 Å². The van der Waals surface area contributed by atoms with Gasteiger partial charge in [0.1, 0.15) is 0 Å². The molecule has 0 spiro atoms. The minimum atomic E-state index is -0.201. The molecule has 0 saturated carbocycles. The Balaban J connectivity index is 1.87. The fraction of sp³-hybridized carbons (Fsp3) is 0.529. The minimum absolute atomic E-state index is 0.183. The topological polar surface area (TPSA) is 63.9 Å². The Hall–Kier alpha value is -1.89. The monoisotopic (exact) mass is 347 g/mol. The zero-order valence-electron chi connectivity index (χ0n) is 14.8. The SMILES string of the molecule is Cn1nnnc1SCCCC(=O)N(Cc1ccccc1)C(C)(C)C. The van der Waals surface area contributed by atoms with Gasteiger partial charge in [0.15, 0.2) is 0 Å². The van der Waals surface area contributed by atoms with Crippen molar-refractivity contribution in [2.24, 2.45) is 7.05 Å². The maximum absolute atomic E-state index is 12.7. The number of nitrogens with zero attached hydrogens (tertiary/aromatic N) is 5. The van der Waals surface area contributed by atoms with Gasteiger partial charge in [0.25, 0.3) is 0 Å². The molecule has 0 radical (unpaired) electrons. The highest BCUT2D eigenvalue weighted by molar-refractivity contribution is 7.99. The van der Waals surface area contributed by atoms with E-state index in [-0.39, 0.29) is 11.4 Å². The average molecular weight is 347 g/mol. The lowest BCUT2D eigenvalue weighted by molar-refractivity contribution is -0.136. The van der Waals surface area contributed by atoms with E-state index in [1.807, 2.05) is 30.1 Å². The number of aromatic nitrogens is 4. The number of thioether (sulfide) groups is 1. The van der Waals surface area contributed by atoms with Gasteiger partial charge in [-0.1, -0.05) is 42.1 Å². The number of hydrogen-bond acceptors (Lipinski definition) is 5. The smallest absolute Gasteiger partial charge is 0.223 e. The molecule has 0 aliphatic heterocycles. The summed E-state index contributed by atoms with van der Waals surface area (Å²) in [6.07, 6.45) is 1.33. The molecule has 6 nitrogen and oxygen atoms in total. The summed E-state index contributed by atoms with van der Waals surface area (Å²) in [5, 5.41) is 12.1.